The Labute approximate surface area is 67.3 Å². The van der Waals surface area contributed by atoms with Crippen molar-refractivity contribution in [1.82, 2.24) is 9.97 Å². The summed E-state index contributed by atoms with van der Waals surface area (Å²) in [6.07, 6.45) is 3.60. The molecule has 6 nitrogen and oxygen atoms in total. The molecule has 0 aromatic carbocycles. The first-order valence-electron chi connectivity index (χ1n) is 2.99. The summed E-state index contributed by atoms with van der Waals surface area (Å²) in [7, 11) is 0. The van der Waals surface area contributed by atoms with Gasteiger partial charge in [0.1, 0.15) is 0 Å². The SMILES string of the molecule is N#CC=Cc1nc[nH]c1[N+](=O)[O-]. The van der Waals surface area contributed by atoms with Crippen LogP contribution in [0.4, 0.5) is 5.82 Å². The van der Waals surface area contributed by atoms with Gasteiger partial charge in [0, 0.05) is 6.08 Å². The quantitative estimate of drug-likeness (QED) is 0.398. The lowest BCUT2D eigenvalue weighted by atomic mass is 10.4. The molecule has 1 aromatic rings. The van der Waals surface area contributed by atoms with E-state index < -0.39 is 4.92 Å². The lowest BCUT2D eigenvalue weighted by Gasteiger charge is -1.88. The van der Waals surface area contributed by atoms with Gasteiger partial charge < -0.3 is 10.1 Å². The average molecular weight is 164 g/mol. The first kappa shape index (κ1) is 7.94. The van der Waals surface area contributed by atoms with Crippen molar-refractivity contribution in [3.63, 3.8) is 0 Å². The van der Waals surface area contributed by atoms with Crippen LogP contribution < -0.4 is 0 Å². The van der Waals surface area contributed by atoms with E-state index in [1.54, 1.807) is 6.07 Å². The van der Waals surface area contributed by atoms with Crippen molar-refractivity contribution in [2.24, 2.45) is 0 Å². The number of hydrogen-bond acceptors (Lipinski definition) is 4. The molecule has 0 aliphatic heterocycles. The van der Waals surface area contributed by atoms with Crippen LogP contribution in [-0.2, 0) is 0 Å². The van der Waals surface area contributed by atoms with E-state index in [0.29, 0.717) is 0 Å². The zero-order valence-corrected chi connectivity index (χ0v) is 5.89. The minimum absolute atomic E-state index is 0.154. The Morgan fingerprint density at radius 2 is 2.58 bits per heavy atom. The number of allylic oxidation sites excluding steroid dienone is 1. The fourth-order valence-electron chi connectivity index (χ4n) is 0.682. The monoisotopic (exact) mass is 164 g/mol. The highest BCUT2D eigenvalue weighted by molar-refractivity contribution is 5.55. The molecule has 0 amide bonds. The van der Waals surface area contributed by atoms with Gasteiger partial charge in [-0.05, 0) is 11.0 Å². The maximum atomic E-state index is 10.3. The molecule has 0 aliphatic rings. The van der Waals surface area contributed by atoms with Crippen LogP contribution in [0.3, 0.4) is 0 Å². The van der Waals surface area contributed by atoms with Gasteiger partial charge in [0.15, 0.2) is 12.0 Å². The highest BCUT2D eigenvalue weighted by Crippen LogP contribution is 2.12. The number of nitro groups is 1. The Hall–Kier alpha value is -2.16. The van der Waals surface area contributed by atoms with Crippen molar-refractivity contribution >= 4 is 11.9 Å². The maximum absolute atomic E-state index is 10.3. The number of H-pyrrole nitrogens is 1. The second-order valence-corrected chi connectivity index (χ2v) is 1.86. The minimum atomic E-state index is -0.593. The van der Waals surface area contributed by atoms with Gasteiger partial charge in [-0.1, -0.05) is 0 Å². The largest absolute Gasteiger partial charge is 0.358 e. The molecule has 0 unspecified atom stereocenters. The van der Waals surface area contributed by atoms with E-state index in [9.17, 15) is 10.1 Å². The van der Waals surface area contributed by atoms with Crippen molar-refractivity contribution in [2.75, 3.05) is 0 Å². The summed E-state index contributed by atoms with van der Waals surface area (Å²) in [6.45, 7) is 0. The first-order valence-corrected chi connectivity index (χ1v) is 2.99. The molecule has 0 bridgehead atoms. The molecular weight excluding hydrogens is 160 g/mol. The van der Waals surface area contributed by atoms with Crippen LogP contribution >= 0.6 is 0 Å². The van der Waals surface area contributed by atoms with E-state index in [1.807, 2.05) is 0 Å². The van der Waals surface area contributed by atoms with Crippen LogP contribution in [-0.4, -0.2) is 14.9 Å². The lowest BCUT2D eigenvalue weighted by Crippen LogP contribution is -1.89. The van der Waals surface area contributed by atoms with Crippen molar-refractivity contribution in [3.8, 4) is 6.07 Å². The molecule has 1 rings (SSSR count). The molecule has 0 aliphatic carbocycles. The molecule has 0 radical (unpaired) electrons. The Bertz CT molecular complexity index is 360. The molecule has 0 saturated carbocycles. The van der Waals surface area contributed by atoms with Crippen LogP contribution in [0.25, 0.3) is 6.08 Å². The van der Waals surface area contributed by atoms with Gasteiger partial charge in [0.05, 0.1) is 6.07 Å². The Balaban J connectivity index is 3.01. The third kappa shape index (κ3) is 1.46. The summed E-state index contributed by atoms with van der Waals surface area (Å²) in [6, 6.07) is 1.72. The third-order valence-electron chi connectivity index (χ3n) is 1.15. The van der Waals surface area contributed by atoms with E-state index in [-0.39, 0.29) is 11.5 Å². The zero-order valence-electron chi connectivity index (χ0n) is 5.89. The smallest absolute Gasteiger partial charge is 0.347 e. The fraction of sp³-hybridized carbons (Fsp3) is 0. The lowest BCUT2D eigenvalue weighted by molar-refractivity contribution is -0.389. The van der Waals surface area contributed by atoms with Crippen LogP contribution in [0.15, 0.2) is 12.4 Å². The topological polar surface area (TPSA) is 95.6 Å². The molecule has 0 atom stereocenters. The number of nitriles is 1. The normalized spacial score (nSPS) is 9.92. The molecule has 0 spiro atoms. The van der Waals surface area contributed by atoms with E-state index in [2.05, 4.69) is 9.97 Å². The Kier molecular flexibility index (Phi) is 2.18. The standard InChI is InChI=1S/C6H4N4O2/c7-3-1-2-5-6(10(11)12)9-4-8-5/h1-2,4H,(H,8,9). The molecule has 0 saturated heterocycles. The number of hydrogen-bond donors (Lipinski definition) is 1. The number of nitrogens with one attached hydrogen (secondary N) is 1. The minimum Gasteiger partial charge on any atom is -0.358 e. The van der Waals surface area contributed by atoms with Crippen LogP contribution in [0.1, 0.15) is 5.69 Å². The second kappa shape index (κ2) is 3.30. The average Bonchev–Trinajstić information content (AvgIpc) is 2.48. The van der Waals surface area contributed by atoms with Crippen molar-refractivity contribution < 1.29 is 4.92 Å². The third-order valence-corrected chi connectivity index (χ3v) is 1.15. The molecule has 1 N–H and O–H groups in total. The second-order valence-electron chi connectivity index (χ2n) is 1.86. The summed E-state index contributed by atoms with van der Waals surface area (Å²) in [5.41, 5.74) is 0.154. The molecule has 0 fully saturated rings. The first-order chi connectivity index (χ1) is 5.75. The van der Waals surface area contributed by atoms with Crippen molar-refractivity contribution in [1.29, 1.82) is 5.26 Å². The number of aromatic amines is 1. The van der Waals surface area contributed by atoms with Gasteiger partial charge >= 0.3 is 5.82 Å². The summed E-state index contributed by atoms with van der Waals surface area (Å²) < 4.78 is 0. The van der Waals surface area contributed by atoms with Gasteiger partial charge in [-0.2, -0.15) is 5.26 Å². The van der Waals surface area contributed by atoms with Gasteiger partial charge in [-0.15, -0.1) is 0 Å². The maximum Gasteiger partial charge on any atom is 0.347 e. The molecular formula is C6H4N4O2. The number of rotatable bonds is 2. The molecule has 6 heteroatoms. The number of nitrogens with zero attached hydrogens (tertiary/aromatic N) is 3. The van der Waals surface area contributed by atoms with E-state index in [0.717, 1.165) is 6.08 Å². The molecule has 12 heavy (non-hydrogen) atoms. The van der Waals surface area contributed by atoms with Crippen molar-refractivity contribution in [3.05, 3.63) is 28.2 Å². The van der Waals surface area contributed by atoms with Gasteiger partial charge in [-0.25, -0.2) is 9.97 Å². The van der Waals surface area contributed by atoms with Crippen LogP contribution in [0, 0.1) is 21.4 Å². The number of aromatic nitrogens is 2. The summed E-state index contributed by atoms with van der Waals surface area (Å²) in [5.74, 6) is -0.207. The highest BCUT2D eigenvalue weighted by Gasteiger charge is 2.11. The fourth-order valence-corrected chi connectivity index (χ4v) is 0.682. The summed E-state index contributed by atoms with van der Waals surface area (Å²) >= 11 is 0. The number of imidazole rings is 1. The van der Waals surface area contributed by atoms with Crippen LogP contribution in [0.5, 0.6) is 0 Å². The predicted molar refractivity (Wildman–Crippen MR) is 39.9 cm³/mol. The molecule has 1 heterocycles. The van der Waals surface area contributed by atoms with Crippen LogP contribution in [0.2, 0.25) is 0 Å². The zero-order chi connectivity index (χ0) is 8.97. The summed E-state index contributed by atoms with van der Waals surface area (Å²) in [4.78, 5) is 15.7. The Morgan fingerprint density at radius 3 is 3.17 bits per heavy atom. The van der Waals surface area contributed by atoms with Gasteiger partial charge in [0.25, 0.3) is 0 Å². The molecule has 1 aromatic heterocycles. The predicted octanol–water partition coefficient (Wildman–Crippen LogP) is 0.855. The van der Waals surface area contributed by atoms with Gasteiger partial charge in [-0.3, -0.25) is 0 Å². The van der Waals surface area contributed by atoms with Crippen molar-refractivity contribution in [2.45, 2.75) is 0 Å². The van der Waals surface area contributed by atoms with Gasteiger partial charge in [0.2, 0.25) is 0 Å². The Morgan fingerprint density at radius 1 is 1.83 bits per heavy atom. The summed E-state index contributed by atoms with van der Waals surface area (Å²) in [5, 5.41) is 18.4. The molecule has 60 valence electrons. The van der Waals surface area contributed by atoms with E-state index in [1.165, 1.54) is 12.4 Å². The van der Waals surface area contributed by atoms with E-state index >= 15 is 0 Å². The highest BCUT2D eigenvalue weighted by atomic mass is 16.6. The van der Waals surface area contributed by atoms with E-state index in [4.69, 9.17) is 5.26 Å².